The van der Waals surface area contributed by atoms with Crippen molar-refractivity contribution in [1.29, 1.82) is 0 Å². The molecule has 10 heteroatoms. The van der Waals surface area contributed by atoms with Gasteiger partial charge in [0.15, 0.2) is 5.82 Å². The number of rotatable bonds is 4. The highest BCUT2D eigenvalue weighted by Gasteiger charge is 2.39. The number of nitrogens with two attached hydrogens (primary N) is 1. The van der Waals surface area contributed by atoms with Gasteiger partial charge in [-0.05, 0) is 6.92 Å². The highest BCUT2D eigenvalue weighted by molar-refractivity contribution is 7.89. The lowest BCUT2D eigenvalue weighted by Crippen LogP contribution is -2.55. The molecule has 2 heterocycles. The summed E-state index contributed by atoms with van der Waals surface area (Å²) in [7, 11) is -2.32. The molecule has 118 valence electrons. The Hall–Kier alpha value is -1.65. The Morgan fingerprint density at radius 3 is 2.90 bits per heavy atom. The van der Waals surface area contributed by atoms with Crippen LogP contribution in [0.5, 0.6) is 0 Å². The summed E-state index contributed by atoms with van der Waals surface area (Å²) >= 11 is 0. The van der Waals surface area contributed by atoms with Gasteiger partial charge in [0.2, 0.25) is 15.9 Å². The van der Waals surface area contributed by atoms with Crippen LogP contribution in [0, 0.1) is 0 Å². The van der Waals surface area contributed by atoms with Crippen molar-refractivity contribution >= 4 is 21.7 Å². The second-order valence-corrected chi connectivity index (χ2v) is 6.51. The maximum atomic E-state index is 12.7. The SMILES string of the molecule is CCNC(=O)C1COCCN1S(=O)(=O)c1cn(C)nc1N. The summed E-state index contributed by atoms with van der Waals surface area (Å²) in [6.07, 6.45) is 1.33. The van der Waals surface area contributed by atoms with Gasteiger partial charge in [0.1, 0.15) is 10.9 Å². The average molecular weight is 317 g/mol. The van der Waals surface area contributed by atoms with Gasteiger partial charge in [-0.2, -0.15) is 9.40 Å². The monoisotopic (exact) mass is 317 g/mol. The maximum Gasteiger partial charge on any atom is 0.249 e. The number of ether oxygens (including phenoxy) is 1. The van der Waals surface area contributed by atoms with Crippen molar-refractivity contribution < 1.29 is 17.9 Å². The molecule has 1 aromatic heterocycles. The number of carbonyl (C=O) groups excluding carboxylic acids is 1. The zero-order valence-electron chi connectivity index (χ0n) is 11.9. The van der Waals surface area contributed by atoms with Gasteiger partial charge in [0.05, 0.1) is 13.2 Å². The van der Waals surface area contributed by atoms with Crippen LogP contribution in [0.25, 0.3) is 0 Å². The molecule has 21 heavy (non-hydrogen) atoms. The van der Waals surface area contributed by atoms with Crippen LogP contribution in [0.3, 0.4) is 0 Å². The topological polar surface area (TPSA) is 120 Å². The Morgan fingerprint density at radius 1 is 1.62 bits per heavy atom. The van der Waals surface area contributed by atoms with Crippen LogP contribution < -0.4 is 11.1 Å². The minimum Gasteiger partial charge on any atom is -0.381 e. The van der Waals surface area contributed by atoms with E-state index in [9.17, 15) is 13.2 Å². The summed E-state index contributed by atoms with van der Waals surface area (Å²) < 4.78 is 33.1. The lowest BCUT2D eigenvalue weighted by Gasteiger charge is -2.33. The molecule has 0 aromatic carbocycles. The van der Waals surface area contributed by atoms with Gasteiger partial charge in [0.25, 0.3) is 0 Å². The molecule has 1 aliphatic heterocycles. The minimum absolute atomic E-state index is 0.0191. The molecule has 1 aliphatic rings. The number of anilines is 1. The van der Waals surface area contributed by atoms with E-state index in [4.69, 9.17) is 10.5 Å². The first kappa shape index (κ1) is 15.7. The van der Waals surface area contributed by atoms with Crippen molar-refractivity contribution in [3.63, 3.8) is 0 Å². The fourth-order valence-electron chi connectivity index (χ4n) is 2.18. The van der Waals surface area contributed by atoms with Crippen LogP contribution in [0.15, 0.2) is 11.1 Å². The average Bonchev–Trinajstić information content (AvgIpc) is 2.79. The number of amides is 1. The Morgan fingerprint density at radius 2 is 2.33 bits per heavy atom. The number of carbonyl (C=O) groups is 1. The third-order valence-corrected chi connectivity index (χ3v) is 5.07. The van der Waals surface area contributed by atoms with Gasteiger partial charge in [0, 0.05) is 26.3 Å². The Labute approximate surface area is 123 Å². The Balaban J connectivity index is 2.36. The molecule has 0 bridgehead atoms. The molecule has 1 saturated heterocycles. The van der Waals surface area contributed by atoms with Crippen molar-refractivity contribution in [2.75, 3.05) is 32.0 Å². The zero-order valence-corrected chi connectivity index (χ0v) is 12.8. The first-order chi connectivity index (χ1) is 9.87. The molecule has 1 unspecified atom stereocenters. The summed E-state index contributed by atoms with van der Waals surface area (Å²) in [5.41, 5.74) is 5.64. The summed E-state index contributed by atoms with van der Waals surface area (Å²) in [6, 6.07) is -0.900. The van der Waals surface area contributed by atoms with Gasteiger partial charge in [-0.1, -0.05) is 0 Å². The van der Waals surface area contributed by atoms with Crippen molar-refractivity contribution in [3.05, 3.63) is 6.20 Å². The van der Waals surface area contributed by atoms with Crippen LogP contribution in [-0.4, -0.2) is 60.8 Å². The number of aromatic nitrogens is 2. The van der Waals surface area contributed by atoms with Crippen molar-refractivity contribution in [2.45, 2.75) is 17.9 Å². The van der Waals surface area contributed by atoms with Gasteiger partial charge >= 0.3 is 0 Å². The Kier molecular flexibility index (Phi) is 4.49. The first-order valence-corrected chi connectivity index (χ1v) is 7.98. The van der Waals surface area contributed by atoms with E-state index in [1.54, 1.807) is 14.0 Å². The van der Waals surface area contributed by atoms with Crippen LogP contribution >= 0.6 is 0 Å². The van der Waals surface area contributed by atoms with E-state index in [0.717, 1.165) is 4.31 Å². The van der Waals surface area contributed by atoms with Crippen LogP contribution in [0.4, 0.5) is 5.82 Å². The number of likely N-dealkylation sites (N-methyl/N-ethyl adjacent to an activating group) is 1. The van der Waals surface area contributed by atoms with E-state index < -0.39 is 16.1 Å². The van der Waals surface area contributed by atoms with Gasteiger partial charge in [-0.25, -0.2) is 8.42 Å². The number of hydrogen-bond acceptors (Lipinski definition) is 6. The number of nitrogens with zero attached hydrogens (tertiary/aromatic N) is 3. The molecule has 1 aromatic rings. The molecular formula is C11H19N5O4S. The van der Waals surface area contributed by atoms with Gasteiger partial charge in [-0.15, -0.1) is 0 Å². The summed E-state index contributed by atoms with van der Waals surface area (Å²) in [5, 5.41) is 6.45. The highest BCUT2D eigenvalue weighted by Crippen LogP contribution is 2.24. The molecule has 1 atom stereocenters. The number of hydrogen-bond donors (Lipinski definition) is 2. The highest BCUT2D eigenvalue weighted by atomic mass is 32.2. The quantitative estimate of drug-likeness (QED) is 0.699. The number of morpholine rings is 1. The van der Waals surface area contributed by atoms with Crippen LogP contribution in [-0.2, 0) is 26.6 Å². The van der Waals surface area contributed by atoms with E-state index >= 15 is 0 Å². The third-order valence-electron chi connectivity index (χ3n) is 3.14. The smallest absolute Gasteiger partial charge is 0.249 e. The number of aryl methyl sites for hydroxylation is 1. The molecule has 0 saturated carbocycles. The predicted molar refractivity (Wildman–Crippen MR) is 74.8 cm³/mol. The second-order valence-electron chi connectivity index (χ2n) is 4.65. The standard InChI is InChI=1S/C11H19N5O4S/c1-3-13-11(17)8-7-20-5-4-16(8)21(18,19)9-6-15(2)14-10(9)12/h6,8H,3-5,7H2,1-2H3,(H2,12,14)(H,13,17). The Bertz CT molecular complexity index is 627. The molecular weight excluding hydrogens is 298 g/mol. The van der Waals surface area contributed by atoms with E-state index in [2.05, 4.69) is 10.4 Å². The van der Waals surface area contributed by atoms with Crippen molar-refractivity contribution in [1.82, 2.24) is 19.4 Å². The molecule has 2 rings (SSSR count). The lowest BCUT2D eigenvalue weighted by molar-refractivity contribution is -0.129. The molecule has 1 amide bonds. The summed E-state index contributed by atoms with van der Waals surface area (Å²) in [5.74, 6) is -0.470. The summed E-state index contributed by atoms with van der Waals surface area (Å²) in [4.78, 5) is 11.9. The van der Waals surface area contributed by atoms with E-state index in [0.29, 0.717) is 6.54 Å². The largest absolute Gasteiger partial charge is 0.381 e. The van der Waals surface area contributed by atoms with Crippen molar-refractivity contribution in [2.24, 2.45) is 7.05 Å². The van der Waals surface area contributed by atoms with Crippen molar-refractivity contribution in [3.8, 4) is 0 Å². The molecule has 1 fully saturated rings. The fraction of sp³-hybridized carbons (Fsp3) is 0.636. The molecule has 0 spiro atoms. The number of nitrogens with one attached hydrogen (secondary N) is 1. The van der Waals surface area contributed by atoms with Gasteiger partial charge in [-0.3, -0.25) is 9.48 Å². The normalized spacial score (nSPS) is 20.4. The minimum atomic E-state index is -3.90. The van der Waals surface area contributed by atoms with E-state index in [-0.39, 0.29) is 36.4 Å². The second kappa shape index (κ2) is 6.00. The number of nitrogen functional groups attached to an aromatic ring is 1. The number of sulfonamides is 1. The predicted octanol–water partition coefficient (Wildman–Crippen LogP) is -1.47. The zero-order chi connectivity index (χ0) is 15.6. The van der Waals surface area contributed by atoms with E-state index in [1.165, 1.54) is 10.9 Å². The molecule has 3 N–H and O–H groups in total. The van der Waals surface area contributed by atoms with Crippen LogP contribution in [0.2, 0.25) is 0 Å². The summed E-state index contributed by atoms with van der Waals surface area (Å²) in [6.45, 7) is 2.52. The lowest BCUT2D eigenvalue weighted by atomic mass is 10.2. The molecule has 0 aliphatic carbocycles. The van der Waals surface area contributed by atoms with Gasteiger partial charge < -0.3 is 15.8 Å². The fourth-order valence-corrected chi connectivity index (χ4v) is 3.83. The maximum absolute atomic E-state index is 12.7. The van der Waals surface area contributed by atoms with Crippen LogP contribution in [0.1, 0.15) is 6.92 Å². The molecule has 9 nitrogen and oxygen atoms in total. The third kappa shape index (κ3) is 3.01. The molecule has 0 radical (unpaired) electrons. The van der Waals surface area contributed by atoms with E-state index in [1.807, 2.05) is 0 Å². The first-order valence-electron chi connectivity index (χ1n) is 6.54.